The molecule has 3 aromatic rings. The smallest absolute Gasteiger partial charge is 0.307 e. The molecule has 1 aromatic carbocycles. The molecule has 42 heavy (non-hydrogen) atoms. The molecule has 0 atom stereocenters. The first-order valence-electron chi connectivity index (χ1n) is 15.6. The van der Waals surface area contributed by atoms with Crippen LogP contribution in [0.25, 0.3) is 11.1 Å². The lowest BCUT2D eigenvalue weighted by Crippen LogP contribution is -2.38. The molecule has 3 aliphatic rings. The van der Waals surface area contributed by atoms with Gasteiger partial charge in [0, 0.05) is 68.0 Å². The van der Waals surface area contributed by atoms with E-state index in [-0.39, 0.29) is 6.42 Å². The molecule has 0 bridgehead atoms. The lowest BCUT2D eigenvalue weighted by atomic mass is 9.82. The Balaban J connectivity index is 1.32. The minimum Gasteiger partial charge on any atom is -0.481 e. The van der Waals surface area contributed by atoms with Gasteiger partial charge in [-0.3, -0.25) is 9.78 Å². The summed E-state index contributed by atoms with van der Waals surface area (Å²) in [5.41, 5.74) is 8.83. The minimum atomic E-state index is -0.814. The minimum absolute atomic E-state index is 0.0161. The van der Waals surface area contributed by atoms with Crippen molar-refractivity contribution in [3.05, 3.63) is 58.5 Å². The van der Waals surface area contributed by atoms with Crippen molar-refractivity contribution in [1.82, 2.24) is 15.0 Å². The molecule has 6 rings (SSSR count). The lowest BCUT2D eigenvalue weighted by molar-refractivity contribution is -0.136. The normalized spacial score (nSPS) is 18.6. The highest BCUT2D eigenvalue weighted by molar-refractivity contribution is 5.86. The molecule has 1 N–H and O–H groups in total. The summed E-state index contributed by atoms with van der Waals surface area (Å²) >= 11 is 0. The molecule has 2 saturated heterocycles. The van der Waals surface area contributed by atoms with E-state index in [0.29, 0.717) is 5.41 Å². The van der Waals surface area contributed by atoms with E-state index in [0.717, 1.165) is 104 Å². The predicted octanol–water partition coefficient (Wildman–Crippen LogP) is 5.96. The first-order valence-corrected chi connectivity index (χ1v) is 15.6. The summed E-state index contributed by atoms with van der Waals surface area (Å²) in [5, 5.41) is 9.83. The Bertz CT molecular complexity index is 1470. The fourth-order valence-electron chi connectivity index (χ4n) is 6.93. The monoisotopic (exact) mass is 568 g/mol. The Morgan fingerprint density at radius 1 is 0.881 bits per heavy atom. The summed E-state index contributed by atoms with van der Waals surface area (Å²) in [5.74, 6) is 1.03. The van der Waals surface area contributed by atoms with Crippen molar-refractivity contribution < 1.29 is 9.90 Å². The van der Waals surface area contributed by atoms with E-state index in [9.17, 15) is 9.90 Å². The third kappa shape index (κ3) is 5.81. The number of carboxylic acids is 1. The number of piperidine rings is 2. The summed E-state index contributed by atoms with van der Waals surface area (Å²) in [6.45, 7) is 14.3. The summed E-state index contributed by atoms with van der Waals surface area (Å²) in [7, 11) is 0. The molecule has 8 heteroatoms. The van der Waals surface area contributed by atoms with Crippen molar-refractivity contribution in [2.24, 2.45) is 5.41 Å². The molecule has 222 valence electrons. The number of benzene rings is 1. The Kier molecular flexibility index (Phi) is 7.81. The van der Waals surface area contributed by atoms with Crippen molar-refractivity contribution in [2.45, 2.75) is 79.2 Å². The van der Waals surface area contributed by atoms with Crippen LogP contribution in [0, 0.1) is 19.3 Å². The van der Waals surface area contributed by atoms with Crippen molar-refractivity contribution in [2.75, 3.05) is 47.4 Å². The average Bonchev–Trinajstić information content (AvgIpc) is 2.98. The zero-order valence-electron chi connectivity index (χ0n) is 25.6. The second kappa shape index (κ2) is 11.5. The van der Waals surface area contributed by atoms with E-state index in [1.807, 2.05) is 19.2 Å². The van der Waals surface area contributed by atoms with Crippen LogP contribution in [-0.4, -0.2) is 58.8 Å². The molecule has 0 spiro atoms. The largest absolute Gasteiger partial charge is 0.481 e. The Labute approximate surface area is 249 Å². The summed E-state index contributed by atoms with van der Waals surface area (Å²) in [4.78, 5) is 33.6. The second-order valence-corrected chi connectivity index (χ2v) is 13.1. The molecule has 3 aliphatic heterocycles. The molecule has 2 aromatic heterocycles. The van der Waals surface area contributed by atoms with Gasteiger partial charge in [-0.15, -0.1) is 0 Å². The van der Waals surface area contributed by atoms with Crippen LogP contribution in [0.15, 0.2) is 30.5 Å². The van der Waals surface area contributed by atoms with Crippen LogP contribution in [0.2, 0.25) is 0 Å². The van der Waals surface area contributed by atoms with Crippen molar-refractivity contribution in [3.8, 4) is 11.1 Å². The third-order valence-corrected chi connectivity index (χ3v) is 9.52. The van der Waals surface area contributed by atoms with Gasteiger partial charge >= 0.3 is 5.97 Å². The van der Waals surface area contributed by atoms with E-state index in [1.165, 1.54) is 30.4 Å². The number of rotatable bonds is 6. The van der Waals surface area contributed by atoms with Gasteiger partial charge in [0.25, 0.3) is 0 Å². The number of pyridine rings is 1. The van der Waals surface area contributed by atoms with Crippen LogP contribution in [-0.2, 0) is 24.2 Å². The molecular weight excluding hydrogens is 524 g/mol. The zero-order chi connectivity index (χ0) is 29.4. The van der Waals surface area contributed by atoms with Crippen LogP contribution >= 0.6 is 0 Å². The fraction of sp³-hybridized carbons (Fsp3) is 0.529. The van der Waals surface area contributed by atoms with Crippen LogP contribution in [0.5, 0.6) is 0 Å². The molecule has 0 amide bonds. The van der Waals surface area contributed by atoms with Gasteiger partial charge in [-0.2, -0.15) is 4.98 Å². The highest BCUT2D eigenvalue weighted by Crippen LogP contribution is 2.42. The van der Waals surface area contributed by atoms with Gasteiger partial charge in [0.2, 0.25) is 5.95 Å². The maximum atomic E-state index is 12.0. The highest BCUT2D eigenvalue weighted by Gasteiger charge is 2.31. The Morgan fingerprint density at radius 2 is 1.64 bits per heavy atom. The van der Waals surface area contributed by atoms with E-state index in [1.54, 1.807) is 0 Å². The Morgan fingerprint density at radius 3 is 2.38 bits per heavy atom. The number of anilines is 3. The maximum absolute atomic E-state index is 12.0. The van der Waals surface area contributed by atoms with Gasteiger partial charge in [0.05, 0.1) is 12.1 Å². The number of fused-ring (bicyclic) bond motifs is 1. The number of nitrogens with zero attached hydrogens (tertiary/aromatic N) is 6. The van der Waals surface area contributed by atoms with Gasteiger partial charge in [-0.1, -0.05) is 32.0 Å². The third-order valence-electron chi connectivity index (χ3n) is 9.52. The van der Waals surface area contributed by atoms with Gasteiger partial charge in [-0.25, -0.2) is 4.98 Å². The van der Waals surface area contributed by atoms with E-state index >= 15 is 0 Å². The van der Waals surface area contributed by atoms with Crippen LogP contribution in [0.1, 0.15) is 74.0 Å². The van der Waals surface area contributed by atoms with E-state index in [2.05, 4.69) is 58.7 Å². The number of aromatic nitrogens is 3. The number of carbonyl (C=O) groups is 1. The number of hydrogen-bond donors (Lipinski definition) is 1. The molecule has 0 saturated carbocycles. The number of hydrogen-bond acceptors (Lipinski definition) is 7. The Hall–Kier alpha value is -3.68. The first kappa shape index (κ1) is 28.4. The molecule has 0 unspecified atom stereocenters. The van der Waals surface area contributed by atoms with E-state index in [4.69, 9.17) is 9.97 Å². The summed E-state index contributed by atoms with van der Waals surface area (Å²) in [6, 6.07) is 8.80. The van der Waals surface area contributed by atoms with Crippen molar-refractivity contribution in [1.29, 1.82) is 0 Å². The fourth-order valence-corrected chi connectivity index (χ4v) is 6.93. The molecular formula is C34H44N6O2. The molecule has 2 fully saturated rings. The van der Waals surface area contributed by atoms with Crippen LogP contribution < -0.4 is 14.7 Å². The van der Waals surface area contributed by atoms with Gasteiger partial charge in [0.1, 0.15) is 5.82 Å². The topological polar surface area (TPSA) is 85.7 Å². The quantitative estimate of drug-likeness (QED) is 0.390. The average molecular weight is 569 g/mol. The standard InChI is InChI=1S/C34H44N6O2/c1-23-28(21-30(41)42)32(39-18-12-34(3,4)13-19-39)31(24(2)36-23)26-8-9-27-22-40(17-11-25(27)20-26)33-35-14-10-29(37-33)38-15-6-5-7-16-38/h8-10,14,20H,5-7,11-13,15-19,21-22H2,1-4H3,(H,41,42). The highest BCUT2D eigenvalue weighted by atomic mass is 16.4. The zero-order valence-corrected chi connectivity index (χ0v) is 25.6. The SMILES string of the molecule is Cc1nc(C)c(-c2ccc3c(c2)CCN(c2nccc(N4CCCCC4)n2)C3)c(N2CCC(C)(C)CC2)c1CC(=O)O. The van der Waals surface area contributed by atoms with Crippen LogP contribution in [0.4, 0.5) is 17.5 Å². The van der Waals surface area contributed by atoms with Gasteiger partial charge < -0.3 is 19.8 Å². The van der Waals surface area contributed by atoms with Gasteiger partial charge in [-0.05, 0) is 80.5 Å². The number of aryl methyl sites for hydroxylation is 2. The van der Waals surface area contributed by atoms with Crippen LogP contribution in [0.3, 0.4) is 0 Å². The lowest BCUT2D eigenvalue weighted by Gasteiger charge is -2.40. The van der Waals surface area contributed by atoms with Crippen molar-refractivity contribution >= 4 is 23.4 Å². The molecule has 5 heterocycles. The van der Waals surface area contributed by atoms with Gasteiger partial charge in [0.15, 0.2) is 0 Å². The van der Waals surface area contributed by atoms with E-state index < -0.39 is 5.97 Å². The van der Waals surface area contributed by atoms with Crippen molar-refractivity contribution in [3.63, 3.8) is 0 Å². The second-order valence-electron chi connectivity index (χ2n) is 13.1. The number of aliphatic carboxylic acids is 1. The number of carboxylic acid groups (broad SMARTS) is 1. The summed E-state index contributed by atoms with van der Waals surface area (Å²) < 4.78 is 0. The summed E-state index contributed by atoms with van der Waals surface area (Å²) in [6.07, 6.45) is 8.71. The molecule has 0 aliphatic carbocycles. The first-order chi connectivity index (χ1) is 20.2. The molecule has 0 radical (unpaired) electrons. The maximum Gasteiger partial charge on any atom is 0.307 e. The predicted molar refractivity (Wildman–Crippen MR) is 169 cm³/mol. The molecule has 8 nitrogen and oxygen atoms in total.